The highest BCUT2D eigenvalue weighted by Crippen LogP contribution is 2.34. The highest BCUT2D eigenvalue weighted by Gasteiger charge is 2.37. The number of hydrogen-bond acceptors (Lipinski definition) is 4. The van der Waals surface area contributed by atoms with E-state index in [9.17, 15) is 22.8 Å². The van der Waals surface area contributed by atoms with Gasteiger partial charge < -0.3 is 18.8 Å². The van der Waals surface area contributed by atoms with Gasteiger partial charge >= 0.3 is 6.18 Å². The SMILES string of the molecule is Cc1cn(-c2ccc3n(c2=O)CCN(C2CCC(Oc4cccc(C(F)(F)F)c4)C2)C3=O)cn1. The highest BCUT2D eigenvalue weighted by atomic mass is 19.4. The van der Waals surface area contributed by atoms with Gasteiger partial charge in [-0.2, -0.15) is 13.2 Å². The Kier molecular flexibility index (Phi) is 5.45. The van der Waals surface area contributed by atoms with Crippen LogP contribution in [0.1, 0.15) is 41.0 Å². The number of imidazole rings is 1. The molecular formula is C24H23F3N4O3. The summed E-state index contributed by atoms with van der Waals surface area (Å²) in [5.74, 6) is -0.0500. The number of alkyl halides is 3. The van der Waals surface area contributed by atoms with E-state index in [1.54, 1.807) is 34.1 Å². The molecule has 3 heterocycles. The van der Waals surface area contributed by atoms with Gasteiger partial charge in [0.05, 0.1) is 17.6 Å². The van der Waals surface area contributed by atoms with E-state index in [0.717, 1.165) is 17.8 Å². The second-order valence-electron chi connectivity index (χ2n) is 8.71. The van der Waals surface area contributed by atoms with Gasteiger partial charge in [0.1, 0.15) is 23.2 Å². The normalized spacial score (nSPS) is 20.5. The van der Waals surface area contributed by atoms with E-state index in [0.29, 0.717) is 43.7 Å². The molecule has 178 valence electrons. The topological polar surface area (TPSA) is 69.4 Å². The van der Waals surface area contributed by atoms with E-state index < -0.39 is 11.7 Å². The number of benzene rings is 1. The van der Waals surface area contributed by atoms with Crippen LogP contribution < -0.4 is 10.3 Å². The van der Waals surface area contributed by atoms with Crippen molar-refractivity contribution < 1.29 is 22.7 Å². The van der Waals surface area contributed by atoms with Crippen molar-refractivity contribution in [1.29, 1.82) is 0 Å². The van der Waals surface area contributed by atoms with E-state index in [2.05, 4.69) is 4.98 Å². The van der Waals surface area contributed by atoms with Gasteiger partial charge in [-0.3, -0.25) is 9.59 Å². The van der Waals surface area contributed by atoms with Crippen molar-refractivity contribution in [3.63, 3.8) is 0 Å². The summed E-state index contributed by atoms with van der Waals surface area (Å²) in [5, 5.41) is 0. The summed E-state index contributed by atoms with van der Waals surface area (Å²) in [5.41, 5.74) is 0.547. The van der Waals surface area contributed by atoms with Gasteiger partial charge in [0.2, 0.25) is 0 Å². The molecule has 3 aromatic rings. The Morgan fingerprint density at radius 2 is 1.91 bits per heavy atom. The fraction of sp³-hybridized carbons (Fsp3) is 0.375. The lowest BCUT2D eigenvalue weighted by molar-refractivity contribution is -0.137. The zero-order valence-electron chi connectivity index (χ0n) is 18.5. The third-order valence-corrected chi connectivity index (χ3v) is 6.45. The van der Waals surface area contributed by atoms with Crippen LogP contribution in [-0.2, 0) is 12.7 Å². The maximum absolute atomic E-state index is 13.2. The van der Waals surface area contributed by atoms with Gasteiger partial charge in [0.15, 0.2) is 0 Å². The fourth-order valence-corrected chi connectivity index (χ4v) is 4.78. The minimum Gasteiger partial charge on any atom is -0.490 e. The molecule has 5 rings (SSSR count). The number of aromatic nitrogens is 3. The molecule has 0 N–H and O–H groups in total. The molecule has 1 saturated carbocycles. The number of hydrogen-bond donors (Lipinski definition) is 0. The summed E-state index contributed by atoms with van der Waals surface area (Å²) in [6.45, 7) is 2.59. The molecule has 2 unspecified atom stereocenters. The second-order valence-corrected chi connectivity index (χ2v) is 8.71. The lowest BCUT2D eigenvalue weighted by Crippen LogP contribution is -2.49. The number of rotatable bonds is 4. The fourth-order valence-electron chi connectivity index (χ4n) is 4.78. The number of halogens is 3. The second kappa shape index (κ2) is 8.34. The Balaban J connectivity index is 1.29. The largest absolute Gasteiger partial charge is 0.490 e. The molecule has 1 fully saturated rings. The number of carbonyl (C=O) groups is 1. The third-order valence-electron chi connectivity index (χ3n) is 6.45. The van der Waals surface area contributed by atoms with Gasteiger partial charge in [-0.25, -0.2) is 4.98 Å². The lowest BCUT2D eigenvalue weighted by atomic mass is 10.1. The van der Waals surface area contributed by atoms with Gasteiger partial charge in [-0.1, -0.05) is 6.07 Å². The van der Waals surface area contributed by atoms with Crippen LogP contribution in [0, 0.1) is 6.92 Å². The maximum atomic E-state index is 13.2. The summed E-state index contributed by atoms with van der Waals surface area (Å²) >= 11 is 0. The Hall–Kier alpha value is -3.56. The van der Waals surface area contributed by atoms with Gasteiger partial charge in [0, 0.05) is 31.7 Å². The highest BCUT2D eigenvalue weighted by molar-refractivity contribution is 5.93. The molecule has 0 saturated heterocycles. The zero-order chi connectivity index (χ0) is 24.0. The molecule has 1 aliphatic heterocycles. The Morgan fingerprint density at radius 1 is 1.09 bits per heavy atom. The first-order valence-corrected chi connectivity index (χ1v) is 11.1. The molecular weight excluding hydrogens is 449 g/mol. The van der Waals surface area contributed by atoms with Crippen molar-refractivity contribution >= 4 is 5.91 Å². The van der Waals surface area contributed by atoms with Crippen LogP contribution in [0.15, 0.2) is 53.7 Å². The first-order chi connectivity index (χ1) is 16.2. The number of pyridine rings is 1. The summed E-state index contributed by atoms with van der Waals surface area (Å²) in [6, 6.07) is 8.04. The molecule has 7 nitrogen and oxygen atoms in total. The number of carbonyl (C=O) groups excluding carboxylic acids is 1. The van der Waals surface area contributed by atoms with Crippen LogP contribution in [0.25, 0.3) is 5.69 Å². The number of ether oxygens (including phenoxy) is 1. The van der Waals surface area contributed by atoms with Crippen LogP contribution in [0.3, 0.4) is 0 Å². The van der Waals surface area contributed by atoms with Crippen LogP contribution in [0.4, 0.5) is 13.2 Å². The molecule has 2 aromatic heterocycles. The molecule has 2 atom stereocenters. The van der Waals surface area contributed by atoms with E-state index in [1.165, 1.54) is 16.7 Å². The standard InChI is InChI=1S/C24H23F3N4O3/c1-15-13-29(14-28-15)20-7-8-21-23(33)30(9-10-31(21)22(20)32)17-5-6-19(12-17)34-18-4-2-3-16(11-18)24(25,26)27/h2-4,7-8,11,13-14,17,19H,5-6,9-10,12H2,1H3. The lowest BCUT2D eigenvalue weighted by Gasteiger charge is -2.34. The molecule has 0 bridgehead atoms. The minimum absolute atomic E-state index is 0.0943. The van der Waals surface area contributed by atoms with Crippen molar-refractivity contribution in [3.05, 3.63) is 76.2 Å². The molecule has 0 radical (unpaired) electrons. The minimum atomic E-state index is -4.43. The molecule has 1 aromatic carbocycles. The van der Waals surface area contributed by atoms with Crippen molar-refractivity contribution in [1.82, 2.24) is 19.0 Å². The number of fused-ring (bicyclic) bond motifs is 1. The van der Waals surface area contributed by atoms with Crippen molar-refractivity contribution in [2.24, 2.45) is 0 Å². The van der Waals surface area contributed by atoms with Crippen LogP contribution in [0.5, 0.6) is 5.75 Å². The van der Waals surface area contributed by atoms with Crippen molar-refractivity contribution in [3.8, 4) is 11.4 Å². The monoisotopic (exact) mass is 472 g/mol. The van der Waals surface area contributed by atoms with E-state index in [1.807, 2.05) is 6.92 Å². The summed E-state index contributed by atoms with van der Waals surface area (Å²) in [4.78, 5) is 32.1. The Bertz CT molecular complexity index is 1300. The van der Waals surface area contributed by atoms with Gasteiger partial charge in [0.25, 0.3) is 11.5 Å². The summed E-state index contributed by atoms with van der Waals surface area (Å²) < 4.78 is 47.9. The zero-order valence-corrected chi connectivity index (χ0v) is 18.5. The van der Waals surface area contributed by atoms with Crippen LogP contribution >= 0.6 is 0 Å². The average molecular weight is 472 g/mol. The third kappa shape index (κ3) is 4.08. The molecule has 0 spiro atoms. The van der Waals surface area contributed by atoms with E-state index in [-0.39, 0.29) is 29.4 Å². The molecule has 34 heavy (non-hydrogen) atoms. The molecule has 1 aliphatic carbocycles. The van der Waals surface area contributed by atoms with Gasteiger partial charge in [-0.15, -0.1) is 0 Å². The molecule has 1 amide bonds. The summed E-state index contributed by atoms with van der Waals surface area (Å²) in [6.07, 6.45) is 0.459. The van der Waals surface area contributed by atoms with E-state index in [4.69, 9.17) is 4.74 Å². The Morgan fingerprint density at radius 3 is 2.65 bits per heavy atom. The van der Waals surface area contributed by atoms with Crippen LogP contribution in [0.2, 0.25) is 0 Å². The maximum Gasteiger partial charge on any atom is 0.416 e. The van der Waals surface area contributed by atoms with Crippen molar-refractivity contribution in [2.75, 3.05) is 6.54 Å². The average Bonchev–Trinajstić information content (AvgIpc) is 3.43. The number of aryl methyl sites for hydroxylation is 1. The molecule has 10 heteroatoms. The number of nitrogens with zero attached hydrogens (tertiary/aromatic N) is 4. The predicted octanol–water partition coefficient (Wildman–Crippen LogP) is 3.82. The first-order valence-electron chi connectivity index (χ1n) is 11.1. The molecule has 2 aliphatic rings. The van der Waals surface area contributed by atoms with Crippen molar-refractivity contribution in [2.45, 2.75) is 51.1 Å². The quantitative estimate of drug-likeness (QED) is 0.579. The van der Waals surface area contributed by atoms with Crippen LogP contribution in [-0.4, -0.2) is 43.6 Å². The smallest absolute Gasteiger partial charge is 0.416 e. The summed E-state index contributed by atoms with van der Waals surface area (Å²) in [7, 11) is 0. The first kappa shape index (κ1) is 22.2. The Labute approximate surface area is 193 Å². The predicted molar refractivity (Wildman–Crippen MR) is 117 cm³/mol. The van der Waals surface area contributed by atoms with Gasteiger partial charge in [-0.05, 0) is 50.1 Å². The van der Waals surface area contributed by atoms with E-state index >= 15 is 0 Å². The number of amides is 1.